The monoisotopic (exact) mass is 504 g/mol. The number of carboxylic acids is 1. The molecule has 2 aliphatic heterocycles. The molecule has 2 saturated heterocycles. The van der Waals surface area contributed by atoms with Crippen molar-refractivity contribution in [2.75, 3.05) is 31.1 Å². The second-order valence-corrected chi connectivity index (χ2v) is 9.91. The third-order valence-corrected chi connectivity index (χ3v) is 7.19. The van der Waals surface area contributed by atoms with Gasteiger partial charge in [0.2, 0.25) is 0 Å². The molecular weight excluding hydrogens is 472 g/mol. The number of ether oxygens (including phenoxy) is 2. The summed E-state index contributed by atoms with van der Waals surface area (Å²) in [5.41, 5.74) is 4.65. The second kappa shape index (κ2) is 9.89. The number of benzene rings is 2. The summed E-state index contributed by atoms with van der Waals surface area (Å²) in [6, 6.07) is 10.6. The highest BCUT2D eigenvalue weighted by Gasteiger charge is 2.47. The maximum atomic E-state index is 12.7. The van der Waals surface area contributed by atoms with Crippen molar-refractivity contribution in [1.82, 2.24) is 14.7 Å². The number of carbonyl (C=O) groups is 2. The molecule has 0 aliphatic carbocycles. The van der Waals surface area contributed by atoms with E-state index in [2.05, 4.69) is 29.1 Å². The van der Waals surface area contributed by atoms with Crippen LogP contribution in [0.15, 0.2) is 48.8 Å². The fourth-order valence-corrected chi connectivity index (χ4v) is 5.14. The van der Waals surface area contributed by atoms with E-state index in [1.54, 1.807) is 17.0 Å². The molecule has 0 bridgehead atoms. The zero-order valence-corrected chi connectivity index (χ0v) is 21.4. The van der Waals surface area contributed by atoms with Crippen LogP contribution in [0.5, 0.6) is 5.75 Å². The number of hydrogen-bond acceptors (Lipinski definition) is 6. The summed E-state index contributed by atoms with van der Waals surface area (Å²) in [6.07, 6.45) is 4.95. The van der Waals surface area contributed by atoms with E-state index >= 15 is 0 Å². The number of amides is 1. The number of aromatic nitrogens is 2. The fraction of sp³-hybridized carbons (Fsp3) is 0.393. The Balaban J connectivity index is 1.29. The van der Waals surface area contributed by atoms with Crippen molar-refractivity contribution in [2.24, 2.45) is 0 Å². The molecule has 0 unspecified atom stereocenters. The van der Waals surface area contributed by atoms with Gasteiger partial charge in [-0.05, 0) is 73.9 Å². The maximum Gasteiger partial charge on any atom is 0.415 e. The number of aryl methyl sites for hydroxylation is 2. The molecule has 5 rings (SSSR count). The molecule has 1 aromatic heterocycles. The van der Waals surface area contributed by atoms with Gasteiger partial charge in [0.15, 0.2) is 0 Å². The van der Waals surface area contributed by atoms with E-state index in [1.165, 1.54) is 12.1 Å². The molecule has 1 N–H and O–H groups in total. The number of carboxylic acid groups (broad SMARTS) is 1. The summed E-state index contributed by atoms with van der Waals surface area (Å²) >= 11 is 0. The molecule has 37 heavy (non-hydrogen) atoms. The minimum atomic E-state index is -0.993. The molecule has 1 spiro atoms. The van der Waals surface area contributed by atoms with Gasteiger partial charge in [0.25, 0.3) is 0 Å². The number of nitrogens with zero attached hydrogens (tertiary/aromatic N) is 4. The number of likely N-dealkylation sites (tertiary alicyclic amines) is 1. The Labute approximate surface area is 216 Å². The lowest BCUT2D eigenvalue weighted by molar-refractivity contribution is -0.000998. The summed E-state index contributed by atoms with van der Waals surface area (Å²) in [6.45, 7) is 9.44. The molecular formula is C28H32N4O5. The summed E-state index contributed by atoms with van der Waals surface area (Å²) in [5, 5.41) is 13.7. The van der Waals surface area contributed by atoms with Crippen LogP contribution in [0.1, 0.15) is 46.8 Å². The zero-order valence-electron chi connectivity index (χ0n) is 21.4. The van der Waals surface area contributed by atoms with Crippen molar-refractivity contribution >= 4 is 17.7 Å². The first-order chi connectivity index (χ1) is 17.8. The van der Waals surface area contributed by atoms with Gasteiger partial charge in [-0.25, -0.2) is 14.3 Å². The number of carbonyl (C=O) groups excluding carboxylic acids is 1. The highest BCUT2D eigenvalue weighted by Crippen LogP contribution is 2.37. The van der Waals surface area contributed by atoms with Gasteiger partial charge < -0.3 is 14.6 Å². The Morgan fingerprint density at radius 1 is 1.16 bits per heavy atom. The van der Waals surface area contributed by atoms with Crippen LogP contribution in [0.25, 0.3) is 5.69 Å². The van der Waals surface area contributed by atoms with Crippen molar-refractivity contribution < 1.29 is 24.2 Å². The van der Waals surface area contributed by atoms with Gasteiger partial charge in [-0.2, -0.15) is 5.10 Å². The van der Waals surface area contributed by atoms with Crippen LogP contribution in [-0.4, -0.2) is 63.7 Å². The van der Waals surface area contributed by atoms with Crippen molar-refractivity contribution in [3.8, 4) is 11.4 Å². The number of piperidine rings is 1. The van der Waals surface area contributed by atoms with Crippen LogP contribution in [0.2, 0.25) is 0 Å². The van der Waals surface area contributed by atoms with Gasteiger partial charge in [-0.15, -0.1) is 0 Å². The molecule has 194 valence electrons. The molecule has 1 amide bonds. The largest absolute Gasteiger partial charge is 0.494 e. The SMILES string of the molecule is CCOc1cc(CN2CCC3(CC2)CN(c2ccc(C(=O)O)cc2)C(=O)O3)c(-n2cc(C)cn2)cc1C. The summed E-state index contributed by atoms with van der Waals surface area (Å²) < 4.78 is 13.7. The Bertz CT molecular complexity index is 1310. The summed E-state index contributed by atoms with van der Waals surface area (Å²) in [4.78, 5) is 27.9. The van der Waals surface area contributed by atoms with Crippen molar-refractivity contribution in [3.63, 3.8) is 0 Å². The smallest absolute Gasteiger partial charge is 0.415 e. The van der Waals surface area contributed by atoms with Crippen molar-refractivity contribution in [1.29, 1.82) is 0 Å². The second-order valence-electron chi connectivity index (χ2n) is 9.91. The van der Waals surface area contributed by atoms with E-state index in [4.69, 9.17) is 14.6 Å². The highest BCUT2D eigenvalue weighted by molar-refractivity contribution is 5.92. The average Bonchev–Trinajstić information content (AvgIpc) is 3.45. The summed E-state index contributed by atoms with van der Waals surface area (Å²) in [5.74, 6) is -0.111. The first kappa shape index (κ1) is 24.8. The fourth-order valence-electron chi connectivity index (χ4n) is 5.14. The van der Waals surface area contributed by atoms with E-state index in [1.807, 2.05) is 30.9 Å². The molecule has 3 aromatic rings. The van der Waals surface area contributed by atoms with Crippen molar-refractivity contribution in [3.05, 3.63) is 71.0 Å². The van der Waals surface area contributed by atoms with E-state index in [9.17, 15) is 9.59 Å². The number of aromatic carboxylic acids is 1. The third kappa shape index (κ3) is 5.04. The number of hydrogen-bond donors (Lipinski definition) is 1. The Morgan fingerprint density at radius 2 is 1.89 bits per heavy atom. The maximum absolute atomic E-state index is 12.7. The lowest BCUT2D eigenvalue weighted by Crippen LogP contribution is -2.46. The van der Waals surface area contributed by atoms with Crippen LogP contribution < -0.4 is 9.64 Å². The van der Waals surface area contributed by atoms with Gasteiger partial charge in [-0.3, -0.25) is 9.80 Å². The molecule has 0 saturated carbocycles. The van der Waals surface area contributed by atoms with Gasteiger partial charge in [0, 0.05) is 44.4 Å². The first-order valence-electron chi connectivity index (χ1n) is 12.6. The van der Waals surface area contributed by atoms with Gasteiger partial charge in [0.05, 0.1) is 30.6 Å². The molecule has 2 aliphatic rings. The van der Waals surface area contributed by atoms with Crippen LogP contribution in [0.4, 0.5) is 10.5 Å². The van der Waals surface area contributed by atoms with Gasteiger partial charge in [-0.1, -0.05) is 0 Å². The Morgan fingerprint density at radius 3 is 2.51 bits per heavy atom. The van der Waals surface area contributed by atoms with Crippen LogP contribution in [-0.2, 0) is 11.3 Å². The topological polar surface area (TPSA) is 97.1 Å². The molecule has 0 radical (unpaired) electrons. The molecule has 2 aromatic carbocycles. The van der Waals surface area contributed by atoms with E-state index in [0.29, 0.717) is 18.8 Å². The Kier molecular flexibility index (Phi) is 6.64. The van der Waals surface area contributed by atoms with Crippen LogP contribution in [0.3, 0.4) is 0 Å². The van der Waals surface area contributed by atoms with Gasteiger partial charge in [0.1, 0.15) is 11.4 Å². The minimum Gasteiger partial charge on any atom is -0.494 e. The average molecular weight is 505 g/mol. The third-order valence-electron chi connectivity index (χ3n) is 7.19. The lowest BCUT2D eigenvalue weighted by Gasteiger charge is -2.37. The Hall–Kier alpha value is -3.85. The van der Waals surface area contributed by atoms with E-state index < -0.39 is 11.6 Å². The minimum absolute atomic E-state index is 0.188. The number of anilines is 1. The molecule has 3 heterocycles. The summed E-state index contributed by atoms with van der Waals surface area (Å²) in [7, 11) is 0. The van der Waals surface area contributed by atoms with E-state index in [-0.39, 0.29) is 11.7 Å². The lowest BCUT2D eigenvalue weighted by atomic mass is 9.91. The number of rotatable bonds is 7. The highest BCUT2D eigenvalue weighted by atomic mass is 16.6. The van der Waals surface area contributed by atoms with Crippen molar-refractivity contribution in [2.45, 2.75) is 45.8 Å². The molecule has 2 fully saturated rings. The standard InChI is InChI=1S/C28H32N4O5/c1-4-36-25-14-22(24(13-20(25)3)32-16-19(2)15-29-32)17-30-11-9-28(10-12-30)18-31(27(35)37-28)23-7-5-21(6-8-23)26(33)34/h5-8,13-16H,4,9-12,17-18H2,1-3H3,(H,33,34). The predicted octanol–water partition coefficient (Wildman–Crippen LogP) is 4.58. The van der Waals surface area contributed by atoms with E-state index in [0.717, 1.165) is 60.6 Å². The molecule has 9 heteroatoms. The normalized spacial score (nSPS) is 17.3. The first-order valence-corrected chi connectivity index (χ1v) is 12.6. The molecule has 0 atom stereocenters. The van der Waals surface area contributed by atoms with Gasteiger partial charge >= 0.3 is 12.1 Å². The van der Waals surface area contributed by atoms with Crippen LogP contribution in [0, 0.1) is 13.8 Å². The quantitative estimate of drug-likeness (QED) is 0.503. The predicted molar refractivity (Wildman–Crippen MR) is 139 cm³/mol. The zero-order chi connectivity index (χ0) is 26.2. The van der Waals surface area contributed by atoms with Crippen LogP contribution >= 0.6 is 0 Å². The molecule has 9 nitrogen and oxygen atoms in total.